The molecule has 0 aromatic carbocycles. The maximum atomic E-state index is 9.43. The number of rotatable bonds is 4. The first-order valence-corrected chi connectivity index (χ1v) is 6.60. The number of aromatic nitrogens is 1. The maximum Gasteiger partial charge on any atom is 0.0543 e. The molecule has 1 aromatic rings. The van der Waals surface area contributed by atoms with Crippen molar-refractivity contribution in [2.24, 2.45) is 5.92 Å². The van der Waals surface area contributed by atoms with Crippen LogP contribution < -0.4 is 0 Å². The summed E-state index contributed by atoms with van der Waals surface area (Å²) in [7, 11) is 4.19. The van der Waals surface area contributed by atoms with Crippen LogP contribution in [0.3, 0.4) is 0 Å². The van der Waals surface area contributed by atoms with Gasteiger partial charge in [0.05, 0.1) is 5.69 Å². The fourth-order valence-corrected chi connectivity index (χ4v) is 2.71. The van der Waals surface area contributed by atoms with E-state index in [0.717, 1.165) is 31.7 Å². The van der Waals surface area contributed by atoms with E-state index in [1.807, 2.05) is 18.3 Å². The van der Waals surface area contributed by atoms with Crippen LogP contribution in [-0.4, -0.2) is 59.7 Å². The number of nitrogens with zero attached hydrogens (tertiary/aromatic N) is 3. The van der Waals surface area contributed by atoms with E-state index in [9.17, 15) is 5.11 Å². The molecule has 100 valence electrons. The quantitative estimate of drug-likeness (QED) is 0.858. The highest BCUT2D eigenvalue weighted by Gasteiger charge is 2.30. The van der Waals surface area contributed by atoms with Gasteiger partial charge in [-0.2, -0.15) is 0 Å². The van der Waals surface area contributed by atoms with E-state index in [0.29, 0.717) is 18.6 Å². The number of aliphatic hydroxyl groups excluding tert-OH is 1. The average Bonchev–Trinajstić information content (AvgIpc) is 2.40. The van der Waals surface area contributed by atoms with Crippen LogP contribution in [0.15, 0.2) is 24.4 Å². The second kappa shape index (κ2) is 6.27. The van der Waals surface area contributed by atoms with Gasteiger partial charge in [0.25, 0.3) is 0 Å². The van der Waals surface area contributed by atoms with Crippen LogP contribution in [0.4, 0.5) is 0 Å². The first kappa shape index (κ1) is 13.5. The molecule has 1 aliphatic heterocycles. The van der Waals surface area contributed by atoms with E-state index in [4.69, 9.17) is 0 Å². The Morgan fingerprint density at radius 2 is 2.28 bits per heavy atom. The molecule has 1 saturated heterocycles. The summed E-state index contributed by atoms with van der Waals surface area (Å²) < 4.78 is 0. The molecule has 2 atom stereocenters. The molecule has 4 heteroatoms. The van der Waals surface area contributed by atoms with Gasteiger partial charge in [-0.1, -0.05) is 6.07 Å². The van der Waals surface area contributed by atoms with Crippen molar-refractivity contribution in [1.29, 1.82) is 0 Å². The molecule has 0 bridgehead atoms. The van der Waals surface area contributed by atoms with Gasteiger partial charge in [0, 0.05) is 31.9 Å². The summed E-state index contributed by atoms with van der Waals surface area (Å²) in [6, 6.07) is 6.49. The lowest BCUT2D eigenvalue weighted by Crippen LogP contribution is -2.51. The Hall–Kier alpha value is -0.970. The Morgan fingerprint density at radius 1 is 1.44 bits per heavy atom. The van der Waals surface area contributed by atoms with E-state index >= 15 is 0 Å². The summed E-state index contributed by atoms with van der Waals surface area (Å²) >= 11 is 0. The Bertz CT molecular complexity index is 355. The molecular weight excluding hydrogens is 226 g/mol. The smallest absolute Gasteiger partial charge is 0.0543 e. The van der Waals surface area contributed by atoms with Crippen molar-refractivity contribution in [2.45, 2.75) is 19.0 Å². The van der Waals surface area contributed by atoms with Gasteiger partial charge in [-0.05, 0) is 45.1 Å². The van der Waals surface area contributed by atoms with Crippen molar-refractivity contribution in [2.75, 3.05) is 33.8 Å². The van der Waals surface area contributed by atoms with Crippen LogP contribution in [0.2, 0.25) is 0 Å². The molecule has 0 amide bonds. The normalized spacial score (nSPS) is 25.6. The summed E-state index contributed by atoms with van der Waals surface area (Å²) in [5.74, 6) is 0.403. The third-order valence-corrected chi connectivity index (χ3v) is 3.82. The van der Waals surface area contributed by atoms with Crippen LogP contribution in [-0.2, 0) is 6.54 Å². The number of hydrogen-bond acceptors (Lipinski definition) is 4. The molecule has 4 nitrogen and oxygen atoms in total. The van der Waals surface area contributed by atoms with Crippen molar-refractivity contribution in [1.82, 2.24) is 14.8 Å². The third-order valence-electron chi connectivity index (χ3n) is 3.82. The summed E-state index contributed by atoms with van der Waals surface area (Å²) in [6.45, 7) is 3.25. The highest BCUT2D eigenvalue weighted by atomic mass is 16.3. The molecule has 2 heterocycles. The zero-order valence-corrected chi connectivity index (χ0v) is 11.3. The molecule has 0 radical (unpaired) electrons. The molecule has 1 fully saturated rings. The monoisotopic (exact) mass is 249 g/mol. The van der Waals surface area contributed by atoms with E-state index in [2.05, 4.69) is 34.9 Å². The van der Waals surface area contributed by atoms with Crippen LogP contribution in [0.5, 0.6) is 0 Å². The Morgan fingerprint density at radius 3 is 2.89 bits per heavy atom. The van der Waals surface area contributed by atoms with Gasteiger partial charge in [0.15, 0.2) is 0 Å². The Balaban J connectivity index is 1.96. The van der Waals surface area contributed by atoms with Crippen molar-refractivity contribution in [3.8, 4) is 0 Å². The highest BCUT2D eigenvalue weighted by Crippen LogP contribution is 2.21. The molecule has 1 aromatic heterocycles. The Labute approximate surface area is 109 Å². The van der Waals surface area contributed by atoms with Crippen molar-refractivity contribution < 1.29 is 5.11 Å². The minimum atomic E-state index is 0.292. The average molecular weight is 249 g/mol. The summed E-state index contributed by atoms with van der Waals surface area (Å²) in [4.78, 5) is 9.03. The number of hydrogen-bond donors (Lipinski definition) is 1. The number of piperidine rings is 1. The molecule has 0 unspecified atom stereocenters. The summed E-state index contributed by atoms with van der Waals surface area (Å²) in [6.07, 6.45) is 2.91. The summed E-state index contributed by atoms with van der Waals surface area (Å²) in [5.41, 5.74) is 1.12. The minimum Gasteiger partial charge on any atom is -0.396 e. The number of likely N-dealkylation sites (N-methyl/N-ethyl adjacent to an activating group) is 1. The highest BCUT2D eigenvalue weighted by molar-refractivity contribution is 5.03. The standard InChI is InChI=1S/C14H23N3O/c1-16(2)14-10-17(8-6-12(14)11-18)9-13-5-3-4-7-15-13/h3-5,7,12,14,18H,6,8-11H2,1-2H3/t12-,14-/m1/s1. The summed E-state index contributed by atoms with van der Waals surface area (Å²) in [5, 5.41) is 9.43. The first-order chi connectivity index (χ1) is 8.70. The molecule has 1 aliphatic rings. The molecule has 0 saturated carbocycles. The lowest BCUT2D eigenvalue weighted by Gasteiger charge is -2.41. The van der Waals surface area contributed by atoms with Gasteiger partial charge in [-0.25, -0.2) is 0 Å². The third kappa shape index (κ3) is 3.28. The van der Waals surface area contributed by atoms with Gasteiger partial charge < -0.3 is 10.0 Å². The fraction of sp³-hybridized carbons (Fsp3) is 0.643. The van der Waals surface area contributed by atoms with Crippen molar-refractivity contribution in [3.05, 3.63) is 30.1 Å². The zero-order valence-electron chi connectivity index (χ0n) is 11.3. The van der Waals surface area contributed by atoms with Crippen molar-refractivity contribution >= 4 is 0 Å². The second-order valence-corrected chi connectivity index (χ2v) is 5.32. The second-order valence-electron chi connectivity index (χ2n) is 5.32. The Kier molecular flexibility index (Phi) is 4.69. The number of likely N-dealkylation sites (tertiary alicyclic amines) is 1. The predicted octanol–water partition coefficient (Wildman–Crippen LogP) is 0.826. The van der Waals surface area contributed by atoms with Gasteiger partial charge in [0.2, 0.25) is 0 Å². The SMILES string of the molecule is CN(C)[C@@H]1CN(Cc2ccccn2)CC[C@@H]1CO. The van der Waals surface area contributed by atoms with Gasteiger partial charge in [-0.15, -0.1) is 0 Å². The minimum absolute atomic E-state index is 0.292. The van der Waals surface area contributed by atoms with Gasteiger partial charge in [-0.3, -0.25) is 9.88 Å². The van der Waals surface area contributed by atoms with Crippen LogP contribution in [0.25, 0.3) is 0 Å². The first-order valence-electron chi connectivity index (χ1n) is 6.60. The molecule has 0 aliphatic carbocycles. The van der Waals surface area contributed by atoms with E-state index in [1.54, 1.807) is 0 Å². The largest absolute Gasteiger partial charge is 0.396 e. The maximum absolute atomic E-state index is 9.43. The van der Waals surface area contributed by atoms with Gasteiger partial charge >= 0.3 is 0 Å². The molecule has 1 N–H and O–H groups in total. The van der Waals surface area contributed by atoms with Crippen LogP contribution >= 0.6 is 0 Å². The van der Waals surface area contributed by atoms with E-state index in [-0.39, 0.29) is 0 Å². The predicted molar refractivity (Wildman–Crippen MR) is 72.2 cm³/mol. The zero-order chi connectivity index (χ0) is 13.0. The van der Waals surface area contributed by atoms with E-state index in [1.165, 1.54) is 0 Å². The topological polar surface area (TPSA) is 39.6 Å². The molecular formula is C14H23N3O. The molecule has 18 heavy (non-hydrogen) atoms. The number of pyridine rings is 1. The molecule has 2 rings (SSSR count). The van der Waals surface area contributed by atoms with Crippen LogP contribution in [0, 0.1) is 5.92 Å². The van der Waals surface area contributed by atoms with Gasteiger partial charge in [0.1, 0.15) is 0 Å². The van der Waals surface area contributed by atoms with E-state index < -0.39 is 0 Å². The van der Waals surface area contributed by atoms with Crippen molar-refractivity contribution in [3.63, 3.8) is 0 Å². The van der Waals surface area contributed by atoms with Crippen LogP contribution in [0.1, 0.15) is 12.1 Å². The lowest BCUT2D eigenvalue weighted by atomic mass is 9.91. The molecule has 0 spiro atoms. The fourth-order valence-electron chi connectivity index (χ4n) is 2.71. The lowest BCUT2D eigenvalue weighted by molar-refractivity contribution is 0.0456. The number of aliphatic hydroxyl groups is 1.